The molecular weight excluding hydrogens is 426 g/mol. The Hall–Kier alpha value is -3.12. The molecule has 6 heteroatoms. The summed E-state index contributed by atoms with van der Waals surface area (Å²) < 4.78 is 5.42. The number of para-hydroxylation sites is 2. The van der Waals surface area contributed by atoms with Crippen molar-refractivity contribution in [1.82, 2.24) is 5.32 Å². The van der Waals surface area contributed by atoms with E-state index in [0.29, 0.717) is 31.8 Å². The maximum atomic E-state index is 13.7. The van der Waals surface area contributed by atoms with Gasteiger partial charge in [0, 0.05) is 37.4 Å². The van der Waals surface area contributed by atoms with Gasteiger partial charge in [-0.25, -0.2) is 4.79 Å². The average Bonchev–Trinajstić information content (AvgIpc) is 2.93. The Bertz CT molecular complexity index is 1090. The van der Waals surface area contributed by atoms with Crippen LogP contribution in [-0.4, -0.2) is 31.6 Å². The van der Waals surface area contributed by atoms with Crippen molar-refractivity contribution < 1.29 is 14.3 Å². The second-order valence-electron chi connectivity index (χ2n) is 9.94. The summed E-state index contributed by atoms with van der Waals surface area (Å²) in [5, 5.41) is 6.61. The number of amides is 2. The predicted molar refractivity (Wildman–Crippen MR) is 136 cm³/mol. The smallest absolute Gasteiger partial charge is 0.322 e. The topological polar surface area (TPSA) is 70.7 Å². The summed E-state index contributed by atoms with van der Waals surface area (Å²) in [6.45, 7) is 9.99. The largest absolute Gasteiger partial charge is 0.382 e. The summed E-state index contributed by atoms with van der Waals surface area (Å²) in [5.41, 5.74) is 5.10. The molecule has 0 bridgehead atoms. The second-order valence-corrected chi connectivity index (χ2v) is 9.94. The minimum Gasteiger partial charge on any atom is -0.382 e. The van der Waals surface area contributed by atoms with Crippen molar-refractivity contribution in [3.8, 4) is 0 Å². The molecule has 6 nitrogen and oxygen atoms in total. The fraction of sp³-hybridized carbons (Fsp3) is 0.429. The zero-order chi connectivity index (χ0) is 24.3. The lowest BCUT2D eigenvalue weighted by molar-refractivity contribution is -0.118. The van der Waals surface area contributed by atoms with Crippen LogP contribution < -0.4 is 15.5 Å². The van der Waals surface area contributed by atoms with Gasteiger partial charge >= 0.3 is 6.03 Å². The highest BCUT2D eigenvalue weighted by Gasteiger charge is 2.43. The Balaban J connectivity index is 1.82. The Labute approximate surface area is 202 Å². The van der Waals surface area contributed by atoms with Crippen LogP contribution in [0.5, 0.6) is 0 Å². The number of anilines is 2. The van der Waals surface area contributed by atoms with Crippen LogP contribution in [0, 0.1) is 12.3 Å². The van der Waals surface area contributed by atoms with Gasteiger partial charge < -0.3 is 15.4 Å². The maximum absolute atomic E-state index is 13.7. The van der Waals surface area contributed by atoms with Gasteiger partial charge in [-0.15, -0.1) is 0 Å². The molecule has 1 heterocycles. The van der Waals surface area contributed by atoms with Crippen LogP contribution in [0.25, 0.3) is 0 Å². The number of fused-ring (bicyclic) bond motifs is 1. The lowest BCUT2D eigenvalue weighted by Crippen LogP contribution is -2.45. The number of carbonyl (C=O) groups excluding carboxylic acids is 2. The number of hydrogen-bond acceptors (Lipinski definition) is 4. The monoisotopic (exact) mass is 461 g/mol. The van der Waals surface area contributed by atoms with Crippen molar-refractivity contribution in [3.63, 3.8) is 0 Å². The lowest BCUT2D eigenvalue weighted by Gasteiger charge is -2.37. The molecule has 2 aromatic carbocycles. The van der Waals surface area contributed by atoms with E-state index in [0.717, 1.165) is 41.0 Å². The van der Waals surface area contributed by atoms with Crippen LogP contribution in [-0.2, 0) is 9.53 Å². The Morgan fingerprint density at radius 1 is 1.15 bits per heavy atom. The molecule has 1 aliphatic carbocycles. The highest BCUT2D eigenvalue weighted by molar-refractivity contribution is 6.06. The first-order valence-electron chi connectivity index (χ1n) is 12.1. The summed E-state index contributed by atoms with van der Waals surface area (Å²) >= 11 is 0. The fourth-order valence-electron chi connectivity index (χ4n) is 4.87. The molecule has 2 aliphatic rings. The zero-order valence-electron chi connectivity index (χ0n) is 20.6. The molecule has 1 atom stereocenters. The van der Waals surface area contributed by atoms with E-state index >= 15 is 0 Å². The summed E-state index contributed by atoms with van der Waals surface area (Å²) in [6, 6.07) is 15.2. The van der Waals surface area contributed by atoms with E-state index in [1.54, 1.807) is 4.90 Å². The number of carbonyl (C=O) groups is 2. The van der Waals surface area contributed by atoms with E-state index < -0.39 is 6.04 Å². The normalized spacial score (nSPS) is 19.1. The first-order valence-corrected chi connectivity index (χ1v) is 12.1. The Morgan fingerprint density at radius 2 is 1.88 bits per heavy atom. The van der Waals surface area contributed by atoms with E-state index in [1.165, 1.54) is 0 Å². The number of urea groups is 1. The molecule has 0 saturated carbocycles. The van der Waals surface area contributed by atoms with Gasteiger partial charge in [-0.2, -0.15) is 0 Å². The molecule has 4 rings (SSSR count). The van der Waals surface area contributed by atoms with Crippen LogP contribution >= 0.6 is 0 Å². The number of rotatable bonds is 6. The molecule has 180 valence electrons. The average molecular weight is 462 g/mol. The Morgan fingerprint density at radius 3 is 2.62 bits per heavy atom. The number of benzene rings is 2. The first kappa shape index (κ1) is 24.0. The molecule has 0 radical (unpaired) electrons. The second kappa shape index (κ2) is 10.0. The molecule has 2 amide bonds. The zero-order valence-corrected chi connectivity index (χ0v) is 20.6. The first-order chi connectivity index (χ1) is 16.3. The molecule has 1 aliphatic heterocycles. The quantitative estimate of drug-likeness (QED) is 0.538. The van der Waals surface area contributed by atoms with Crippen molar-refractivity contribution in [2.45, 2.75) is 53.0 Å². The SMILES string of the molecule is CCOCCCNC(=O)N1c2ccccc2NC2=C(C(=O)CC(C)(C)C2)[C@H]1c1ccc(C)cc1. The molecule has 34 heavy (non-hydrogen) atoms. The van der Waals surface area contributed by atoms with Gasteiger partial charge in [0.2, 0.25) is 0 Å². The van der Waals surface area contributed by atoms with Crippen LogP contribution in [0.2, 0.25) is 0 Å². The fourth-order valence-corrected chi connectivity index (χ4v) is 4.87. The standard InChI is InChI=1S/C28H35N3O3/c1-5-34-16-8-15-29-27(33)31-23-10-7-6-9-21(23)30-22-17-28(3,4)18-24(32)25(22)26(31)20-13-11-19(2)12-14-20/h6-7,9-14,26,30H,5,8,15-18H2,1-4H3,(H,29,33)/t26-/m1/s1. The van der Waals surface area contributed by atoms with E-state index in [-0.39, 0.29) is 17.2 Å². The molecule has 2 N–H and O–H groups in total. The number of allylic oxidation sites excluding steroid dienone is 1. The van der Waals surface area contributed by atoms with Crippen molar-refractivity contribution in [2.75, 3.05) is 30.0 Å². The van der Waals surface area contributed by atoms with Gasteiger partial charge in [-0.1, -0.05) is 55.8 Å². The minimum atomic E-state index is -0.512. The van der Waals surface area contributed by atoms with Gasteiger partial charge in [0.05, 0.1) is 17.4 Å². The number of ketones is 1. The minimum absolute atomic E-state index is 0.0891. The molecule has 0 saturated heterocycles. The summed E-state index contributed by atoms with van der Waals surface area (Å²) in [4.78, 5) is 29.1. The van der Waals surface area contributed by atoms with Crippen LogP contribution in [0.1, 0.15) is 57.2 Å². The van der Waals surface area contributed by atoms with E-state index in [4.69, 9.17) is 4.74 Å². The number of aryl methyl sites for hydroxylation is 1. The van der Waals surface area contributed by atoms with E-state index in [9.17, 15) is 9.59 Å². The van der Waals surface area contributed by atoms with E-state index in [1.807, 2.05) is 62.4 Å². The van der Waals surface area contributed by atoms with Gasteiger partial charge in [-0.3, -0.25) is 9.69 Å². The molecule has 0 spiro atoms. The number of nitrogens with one attached hydrogen (secondary N) is 2. The van der Waals surface area contributed by atoms with E-state index in [2.05, 4.69) is 24.5 Å². The van der Waals surface area contributed by atoms with Gasteiger partial charge in [0.1, 0.15) is 0 Å². The Kier molecular flexibility index (Phi) is 7.08. The van der Waals surface area contributed by atoms with Gasteiger partial charge in [0.15, 0.2) is 5.78 Å². The van der Waals surface area contributed by atoms with Crippen molar-refractivity contribution in [1.29, 1.82) is 0 Å². The molecular formula is C28H35N3O3. The molecule has 0 aromatic heterocycles. The third kappa shape index (κ3) is 5.02. The van der Waals surface area contributed by atoms with Gasteiger partial charge in [0.25, 0.3) is 0 Å². The summed E-state index contributed by atoms with van der Waals surface area (Å²) in [6.07, 6.45) is 1.92. The van der Waals surface area contributed by atoms with Crippen LogP contribution in [0.15, 0.2) is 59.8 Å². The van der Waals surface area contributed by atoms with Gasteiger partial charge in [-0.05, 0) is 49.8 Å². The lowest BCUT2D eigenvalue weighted by atomic mass is 9.73. The highest BCUT2D eigenvalue weighted by Crippen LogP contribution is 2.48. The molecule has 0 unspecified atom stereocenters. The number of Topliss-reactive ketones (excluding diaryl/α,β-unsaturated/α-hetero) is 1. The van der Waals surface area contributed by atoms with Crippen LogP contribution in [0.4, 0.5) is 16.2 Å². The molecule has 0 fully saturated rings. The summed E-state index contributed by atoms with van der Waals surface area (Å²) in [7, 11) is 0. The predicted octanol–water partition coefficient (Wildman–Crippen LogP) is 5.75. The van der Waals surface area contributed by atoms with Crippen LogP contribution in [0.3, 0.4) is 0 Å². The third-order valence-corrected chi connectivity index (χ3v) is 6.46. The van der Waals surface area contributed by atoms with Crippen molar-refractivity contribution >= 4 is 23.2 Å². The van der Waals surface area contributed by atoms with Crippen molar-refractivity contribution in [3.05, 3.63) is 70.9 Å². The number of hydrogen-bond donors (Lipinski definition) is 2. The van der Waals surface area contributed by atoms with Crippen molar-refractivity contribution in [2.24, 2.45) is 5.41 Å². The highest BCUT2D eigenvalue weighted by atomic mass is 16.5. The number of nitrogens with zero attached hydrogens (tertiary/aromatic N) is 1. The third-order valence-electron chi connectivity index (χ3n) is 6.46. The number of ether oxygens (including phenoxy) is 1. The summed E-state index contributed by atoms with van der Waals surface area (Å²) in [5.74, 6) is 0.0891. The molecule has 2 aromatic rings. The maximum Gasteiger partial charge on any atom is 0.322 e.